The number of hydrogen-bond acceptors (Lipinski definition) is 6. The molecule has 30 heavy (non-hydrogen) atoms. The minimum Gasteiger partial charge on any atom is -0.351 e. The van der Waals surface area contributed by atoms with E-state index >= 15 is 0 Å². The van der Waals surface area contributed by atoms with Gasteiger partial charge in [0.15, 0.2) is 0 Å². The van der Waals surface area contributed by atoms with E-state index in [0.717, 1.165) is 43.1 Å². The molecule has 0 bridgehead atoms. The second kappa shape index (κ2) is 7.30. The molecule has 2 aromatic heterocycles. The molecule has 0 unspecified atom stereocenters. The molecule has 0 saturated heterocycles. The van der Waals surface area contributed by atoms with E-state index in [2.05, 4.69) is 15.0 Å². The lowest BCUT2D eigenvalue weighted by Gasteiger charge is -2.29. The fourth-order valence-electron chi connectivity index (χ4n) is 5.52. The number of pyridine rings is 1. The summed E-state index contributed by atoms with van der Waals surface area (Å²) in [6, 6.07) is 3.90. The van der Waals surface area contributed by atoms with E-state index < -0.39 is 10.0 Å². The van der Waals surface area contributed by atoms with Crippen LogP contribution in [-0.2, 0) is 10.0 Å². The maximum atomic E-state index is 12.8. The molecule has 2 aromatic rings. The van der Waals surface area contributed by atoms with Gasteiger partial charge in [0.05, 0.1) is 6.26 Å². The number of nitrogens with one attached hydrogen (secondary N) is 2. The van der Waals surface area contributed by atoms with Crippen LogP contribution in [0.2, 0.25) is 0 Å². The van der Waals surface area contributed by atoms with Crippen LogP contribution in [-0.4, -0.2) is 41.3 Å². The van der Waals surface area contributed by atoms with Crippen molar-refractivity contribution in [3.8, 4) is 0 Å². The fraction of sp³-hybridized carbons (Fsp3) is 0.667. The summed E-state index contributed by atoms with van der Waals surface area (Å²) in [7, 11) is -3.17. The van der Waals surface area contributed by atoms with Crippen LogP contribution in [0.5, 0.6) is 0 Å². The highest BCUT2D eigenvalue weighted by atomic mass is 32.2. The molecule has 0 aromatic carbocycles. The van der Waals surface area contributed by atoms with Crippen molar-refractivity contribution < 1.29 is 8.42 Å². The van der Waals surface area contributed by atoms with Crippen molar-refractivity contribution in [3.05, 3.63) is 28.7 Å². The third-order valence-electron chi connectivity index (χ3n) is 7.17. The number of sulfonamides is 1. The number of anilines is 1. The van der Waals surface area contributed by atoms with Crippen molar-refractivity contribution in [2.24, 2.45) is 5.41 Å². The molecule has 1 atom stereocenters. The summed E-state index contributed by atoms with van der Waals surface area (Å²) in [5.74, 6) is 0.546. The van der Waals surface area contributed by atoms with Crippen LogP contribution in [0.1, 0.15) is 63.8 Å². The molecule has 8 nitrogen and oxygen atoms in total. The molecule has 2 heterocycles. The van der Waals surface area contributed by atoms with Crippen LogP contribution in [0.3, 0.4) is 0 Å². The van der Waals surface area contributed by atoms with Gasteiger partial charge in [0.25, 0.3) is 5.56 Å². The Kier molecular flexibility index (Phi) is 4.85. The number of nitrogens with zero attached hydrogens (tertiary/aromatic N) is 3. The van der Waals surface area contributed by atoms with E-state index in [4.69, 9.17) is 4.98 Å². The van der Waals surface area contributed by atoms with Crippen molar-refractivity contribution in [2.75, 3.05) is 11.6 Å². The quantitative estimate of drug-likeness (QED) is 0.754. The molecule has 1 spiro atoms. The maximum absolute atomic E-state index is 12.8. The molecule has 5 rings (SSSR count). The zero-order valence-corrected chi connectivity index (χ0v) is 18.1. The Morgan fingerprint density at radius 2 is 1.80 bits per heavy atom. The summed E-state index contributed by atoms with van der Waals surface area (Å²) in [6.07, 6.45) is 12.1. The van der Waals surface area contributed by atoms with Crippen molar-refractivity contribution in [2.45, 2.75) is 75.9 Å². The molecule has 0 radical (unpaired) electrons. The number of fused-ring (bicyclic) bond motifs is 1. The predicted octanol–water partition coefficient (Wildman–Crippen LogP) is 2.57. The first-order valence-electron chi connectivity index (χ1n) is 11.0. The molecule has 3 aliphatic carbocycles. The van der Waals surface area contributed by atoms with Crippen molar-refractivity contribution in [1.29, 1.82) is 0 Å². The van der Waals surface area contributed by atoms with E-state index in [9.17, 15) is 13.2 Å². The van der Waals surface area contributed by atoms with E-state index in [0.29, 0.717) is 11.4 Å². The summed E-state index contributed by atoms with van der Waals surface area (Å²) in [5, 5.41) is 4.31. The Morgan fingerprint density at radius 1 is 1.07 bits per heavy atom. The summed E-state index contributed by atoms with van der Waals surface area (Å²) in [4.78, 5) is 22.1. The lowest BCUT2D eigenvalue weighted by atomic mass is 9.92. The molecule has 9 heteroatoms. The van der Waals surface area contributed by atoms with Crippen molar-refractivity contribution in [3.63, 3.8) is 0 Å². The standard InChI is InChI=1S/C21H29N5O3S/c1-30(28,29)25-16-7-5-15(6-8-16)23-20-22-13-14-4-9-18(27)26(19(14)24-20)17-3-2-10-21(17)11-12-21/h4,9,13,15-17,25H,2-3,5-8,10-12H2,1H3,(H,22,23,24)/t15?,16?,17-/m0/s1. The van der Waals surface area contributed by atoms with Gasteiger partial charge in [-0.1, -0.05) is 6.42 Å². The topological polar surface area (TPSA) is 106 Å². The molecule has 3 fully saturated rings. The minimum absolute atomic E-state index is 0.00199. The van der Waals surface area contributed by atoms with Crippen LogP contribution < -0.4 is 15.6 Å². The molecular weight excluding hydrogens is 402 g/mol. The monoisotopic (exact) mass is 431 g/mol. The van der Waals surface area contributed by atoms with Gasteiger partial charge in [-0.3, -0.25) is 9.36 Å². The Bertz CT molecular complexity index is 1120. The first-order chi connectivity index (χ1) is 14.3. The van der Waals surface area contributed by atoms with Gasteiger partial charge in [0.1, 0.15) is 5.65 Å². The van der Waals surface area contributed by atoms with Gasteiger partial charge >= 0.3 is 0 Å². The Labute approximate surface area is 176 Å². The number of hydrogen-bond donors (Lipinski definition) is 2. The second-order valence-corrected chi connectivity index (χ2v) is 11.1. The molecule has 0 amide bonds. The van der Waals surface area contributed by atoms with Crippen LogP contribution in [0, 0.1) is 5.41 Å². The van der Waals surface area contributed by atoms with E-state index in [1.165, 1.54) is 31.9 Å². The highest BCUT2D eigenvalue weighted by Gasteiger charge is 2.53. The van der Waals surface area contributed by atoms with Gasteiger partial charge in [-0.2, -0.15) is 4.98 Å². The molecule has 0 aliphatic heterocycles. The predicted molar refractivity (Wildman–Crippen MR) is 116 cm³/mol. The lowest BCUT2D eigenvalue weighted by molar-refractivity contribution is 0.358. The molecule has 3 saturated carbocycles. The largest absolute Gasteiger partial charge is 0.351 e. The third kappa shape index (κ3) is 3.85. The summed E-state index contributed by atoms with van der Waals surface area (Å²) in [6.45, 7) is 0. The molecule has 3 aliphatic rings. The van der Waals surface area contributed by atoms with E-state index in [-0.39, 0.29) is 23.7 Å². The summed E-state index contributed by atoms with van der Waals surface area (Å²) in [5.41, 5.74) is 1.06. The summed E-state index contributed by atoms with van der Waals surface area (Å²) < 4.78 is 27.5. The van der Waals surface area contributed by atoms with Gasteiger partial charge in [0.2, 0.25) is 16.0 Å². The SMILES string of the molecule is CS(=O)(=O)NC1CCC(Nc2ncc3ccc(=O)n([C@H]4CCCC45CC5)c3n2)CC1. The lowest BCUT2D eigenvalue weighted by Crippen LogP contribution is -2.39. The van der Waals surface area contributed by atoms with Gasteiger partial charge < -0.3 is 5.32 Å². The molecule has 2 N–H and O–H groups in total. The highest BCUT2D eigenvalue weighted by molar-refractivity contribution is 7.88. The smallest absolute Gasteiger partial charge is 0.252 e. The Morgan fingerprint density at radius 3 is 2.50 bits per heavy atom. The minimum atomic E-state index is -3.17. The summed E-state index contributed by atoms with van der Waals surface area (Å²) >= 11 is 0. The van der Waals surface area contributed by atoms with Crippen LogP contribution in [0.25, 0.3) is 11.0 Å². The second-order valence-electron chi connectivity index (χ2n) is 9.37. The van der Waals surface area contributed by atoms with E-state index in [1.807, 2.05) is 10.6 Å². The Balaban J connectivity index is 1.37. The molecule has 162 valence electrons. The van der Waals surface area contributed by atoms with Gasteiger partial charge in [0, 0.05) is 35.8 Å². The van der Waals surface area contributed by atoms with Gasteiger partial charge in [-0.25, -0.2) is 18.1 Å². The first kappa shape index (κ1) is 19.9. The average molecular weight is 432 g/mol. The normalized spacial score (nSPS) is 28.1. The van der Waals surface area contributed by atoms with Crippen LogP contribution >= 0.6 is 0 Å². The van der Waals surface area contributed by atoms with Gasteiger partial charge in [-0.15, -0.1) is 0 Å². The van der Waals surface area contributed by atoms with Crippen LogP contribution in [0.4, 0.5) is 5.95 Å². The van der Waals surface area contributed by atoms with Crippen molar-refractivity contribution >= 4 is 27.0 Å². The fourth-order valence-corrected chi connectivity index (χ4v) is 6.36. The van der Waals surface area contributed by atoms with Crippen molar-refractivity contribution in [1.82, 2.24) is 19.3 Å². The van der Waals surface area contributed by atoms with E-state index in [1.54, 1.807) is 12.3 Å². The highest BCUT2D eigenvalue weighted by Crippen LogP contribution is 2.63. The zero-order valence-electron chi connectivity index (χ0n) is 17.3. The average Bonchev–Trinajstić information content (AvgIpc) is 3.35. The molecular formula is C21H29N5O3S. The third-order valence-corrected chi connectivity index (χ3v) is 7.93. The van der Waals surface area contributed by atoms with Crippen LogP contribution in [0.15, 0.2) is 23.1 Å². The Hall–Kier alpha value is -2.00. The number of aromatic nitrogens is 3. The zero-order chi connectivity index (χ0) is 20.9. The first-order valence-corrected chi connectivity index (χ1v) is 12.8. The maximum Gasteiger partial charge on any atom is 0.252 e. The number of rotatable bonds is 5. The van der Waals surface area contributed by atoms with Gasteiger partial charge in [-0.05, 0) is 62.8 Å².